The fourth-order valence-electron chi connectivity index (χ4n) is 1.79. The van der Waals surface area contributed by atoms with Gasteiger partial charge in [-0.2, -0.15) is 5.10 Å². The topological polar surface area (TPSA) is 82.6 Å². The van der Waals surface area contributed by atoms with Crippen LogP contribution in [0.4, 0.5) is 4.79 Å². The molecule has 1 aliphatic heterocycles. The molecule has 2 rings (SSSR count). The fourth-order valence-corrected chi connectivity index (χ4v) is 1.79. The Morgan fingerprint density at radius 1 is 1.55 bits per heavy atom. The quantitative estimate of drug-likeness (QED) is 0.850. The predicted octanol–water partition coefficient (Wildman–Crippen LogP) is 1.15. The lowest BCUT2D eigenvalue weighted by molar-refractivity contribution is 0.0276. The summed E-state index contributed by atoms with van der Waals surface area (Å²) in [6.07, 6.45) is 3.28. The van der Waals surface area contributed by atoms with Crippen molar-refractivity contribution < 1.29 is 9.53 Å². The van der Waals surface area contributed by atoms with Gasteiger partial charge in [0.25, 0.3) is 0 Å². The van der Waals surface area contributed by atoms with Gasteiger partial charge in [-0.25, -0.2) is 4.79 Å². The first-order valence-electron chi connectivity index (χ1n) is 6.67. The minimum absolute atomic E-state index is 0.296. The van der Waals surface area contributed by atoms with Crippen LogP contribution >= 0.6 is 0 Å². The number of H-pyrrole nitrogens is 1. The summed E-state index contributed by atoms with van der Waals surface area (Å²) < 4.78 is 5.37. The molecule has 0 atom stereocenters. The minimum Gasteiger partial charge on any atom is -0.444 e. The van der Waals surface area contributed by atoms with Crippen molar-refractivity contribution in [1.82, 2.24) is 20.4 Å². The van der Waals surface area contributed by atoms with E-state index in [1.165, 1.54) is 0 Å². The molecule has 1 aromatic heterocycles. The van der Waals surface area contributed by atoms with Crippen molar-refractivity contribution in [3.8, 4) is 0 Å². The molecule has 20 heavy (non-hydrogen) atoms. The van der Waals surface area contributed by atoms with E-state index in [1.807, 2.05) is 27.0 Å². The summed E-state index contributed by atoms with van der Waals surface area (Å²) in [5, 5.41) is 9.85. The molecule has 0 bridgehead atoms. The Morgan fingerprint density at radius 3 is 3.00 bits per heavy atom. The summed E-state index contributed by atoms with van der Waals surface area (Å²) in [4.78, 5) is 18.0. The Balaban J connectivity index is 1.84. The Kier molecular flexibility index (Phi) is 4.26. The number of aliphatic imine (C=N–C) groups is 1. The molecule has 0 unspecified atom stereocenters. The van der Waals surface area contributed by atoms with Gasteiger partial charge < -0.3 is 10.1 Å². The molecular formula is C13H21N5O2. The monoisotopic (exact) mass is 279 g/mol. The van der Waals surface area contributed by atoms with E-state index in [9.17, 15) is 4.79 Å². The van der Waals surface area contributed by atoms with Gasteiger partial charge in [-0.1, -0.05) is 0 Å². The molecule has 110 valence electrons. The molecule has 0 aromatic carbocycles. The van der Waals surface area contributed by atoms with E-state index >= 15 is 0 Å². The first kappa shape index (κ1) is 14.4. The van der Waals surface area contributed by atoms with Gasteiger partial charge in [-0.05, 0) is 20.8 Å². The van der Waals surface area contributed by atoms with Crippen LogP contribution in [-0.2, 0) is 11.3 Å². The van der Waals surface area contributed by atoms with E-state index in [4.69, 9.17) is 4.74 Å². The van der Waals surface area contributed by atoms with Gasteiger partial charge in [0.05, 0.1) is 19.3 Å². The molecule has 7 heteroatoms. The van der Waals surface area contributed by atoms with Gasteiger partial charge in [0.2, 0.25) is 0 Å². The summed E-state index contributed by atoms with van der Waals surface area (Å²) in [5.74, 6) is 0.795. The van der Waals surface area contributed by atoms with Gasteiger partial charge in [-0.15, -0.1) is 0 Å². The lowest BCUT2D eigenvalue weighted by Crippen LogP contribution is -2.47. The molecule has 0 fully saturated rings. The van der Waals surface area contributed by atoms with Crippen LogP contribution in [0.1, 0.15) is 26.3 Å². The van der Waals surface area contributed by atoms with Gasteiger partial charge >= 0.3 is 6.09 Å². The first-order valence-corrected chi connectivity index (χ1v) is 6.67. The summed E-state index contributed by atoms with van der Waals surface area (Å²) in [7, 11) is 0. The minimum atomic E-state index is -0.476. The van der Waals surface area contributed by atoms with Crippen molar-refractivity contribution in [2.24, 2.45) is 4.99 Å². The number of carbonyl (C=O) groups excluding carboxylic acids is 1. The summed E-state index contributed by atoms with van der Waals surface area (Å²) in [6.45, 7) is 7.85. The van der Waals surface area contributed by atoms with Crippen molar-refractivity contribution >= 4 is 11.9 Å². The Labute approximate surface area is 118 Å². The highest BCUT2D eigenvalue weighted by molar-refractivity contribution is 5.87. The molecular weight excluding hydrogens is 258 g/mol. The zero-order valence-corrected chi connectivity index (χ0v) is 12.1. The van der Waals surface area contributed by atoms with Crippen molar-refractivity contribution in [1.29, 1.82) is 0 Å². The standard InChI is InChI=1S/C13H21N5O2/c1-13(2,3)20-12(19)18-5-4-14-11(9-18)15-6-10-7-16-17-8-10/h7-8H,4-6,9H2,1-3H3,(H,14,15)(H,16,17). The molecule has 0 radical (unpaired) electrons. The van der Waals surface area contributed by atoms with Crippen molar-refractivity contribution in [3.63, 3.8) is 0 Å². The van der Waals surface area contributed by atoms with Gasteiger partial charge in [0.15, 0.2) is 0 Å². The number of carbonyl (C=O) groups is 1. The highest BCUT2D eigenvalue weighted by Crippen LogP contribution is 2.11. The van der Waals surface area contributed by atoms with E-state index in [0.717, 1.165) is 11.4 Å². The number of nitrogens with zero attached hydrogens (tertiary/aromatic N) is 3. The van der Waals surface area contributed by atoms with E-state index in [-0.39, 0.29) is 6.09 Å². The Hall–Kier alpha value is -2.05. The van der Waals surface area contributed by atoms with Crippen LogP contribution in [0.15, 0.2) is 17.4 Å². The van der Waals surface area contributed by atoms with Gasteiger partial charge in [0.1, 0.15) is 11.4 Å². The van der Waals surface area contributed by atoms with Crippen LogP contribution in [0, 0.1) is 0 Å². The average molecular weight is 279 g/mol. The molecule has 0 spiro atoms. The first-order chi connectivity index (χ1) is 9.44. The third-order valence-electron chi connectivity index (χ3n) is 2.72. The molecule has 1 amide bonds. The maximum absolute atomic E-state index is 12.0. The zero-order chi connectivity index (χ0) is 14.6. The largest absolute Gasteiger partial charge is 0.444 e. The number of aromatic nitrogens is 2. The Morgan fingerprint density at radius 2 is 2.35 bits per heavy atom. The molecule has 1 aliphatic rings. The second-order valence-electron chi connectivity index (χ2n) is 5.69. The number of hydrogen-bond donors (Lipinski definition) is 2. The predicted molar refractivity (Wildman–Crippen MR) is 75.5 cm³/mol. The number of aromatic amines is 1. The average Bonchev–Trinajstić information content (AvgIpc) is 2.88. The molecule has 0 aliphatic carbocycles. The number of amidine groups is 1. The van der Waals surface area contributed by atoms with Crippen molar-refractivity contribution in [3.05, 3.63) is 18.0 Å². The summed E-state index contributed by atoms with van der Waals surface area (Å²) in [5.41, 5.74) is 0.567. The number of hydrogen-bond acceptors (Lipinski definition) is 5. The highest BCUT2D eigenvalue weighted by Gasteiger charge is 2.24. The van der Waals surface area contributed by atoms with Crippen LogP contribution in [0.25, 0.3) is 0 Å². The van der Waals surface area contributed by atoms with Crippen molar-refractivity contribution in [2.75, 3.05) is 19.6 Å². The van der Waals surface area contributed by atoms with Crippen LogP contribution < -0.4 is 5.32 Å². The smallest absolute Gasteiger partial charge is 0.410 e. The summed E-state index contributed by atoms with van der Waals surface area (Å²) in [6, 6.07) is 0. The molecule has 7 nitrogen and oxygen atoms in total. The lowest BCUT2D eigenvalue weighted by atomic mass is 10.2. The van der Waals surface area contributed by atoms with Crippen LogP contribution in [-0.4, -0.2) is 52.3 Å². The third-order valence-corrected chi connectivity index (χ3v) is 2.72. The van der Waals surface area contributed by atoms with Gasteiger partial charge in [0, 0.05) is 24.8 Å². The number of amides is 1. The third kappa shape index (κ3) is 4.25. The summed E-state index contributed by atoms with van der Waals surface area (Å²) >= 11 is 0. The highest BCUT2D eigenvalue weighted by atomic mass is 16.6. The number of rotatable bonds is 2. The maximum atomic E-state index is 12.0. The lowest BCUT2D eigenvalue weighted by Gasteiger charge is -2.29. The van der Waals surface area contributed by atoms with Crippen LogP contribution in [0.3, 0.4) is 0 Å². The molecule has 0 saturated heterocycles. The van der Waals surface area contributed by atoms with Crippen LogP contribution in [0.2, 0.25) is 0 Å². The fraction of sp³-hybridized carbons (Fsp3) is 0.615. The maximum Gasteiger partial charge on any atom is 0.410 e. The Bertz CT molecular complexity index is 475. The zero-order valence-electron chi connectivity index (χ0n) is 12.1. The second-order valence-corrected chi connectivity index (χ2v) is 5.69. The van der Waals surface area contributed by atoms with Crippen LogP contribution in [0.5, 0.6) is 0 Å². The van der Waals surface area contributed by atoms with E-state index < -0.39 is 5.60 Å². The SMILES string of the molecule is CC(C)(C)OC(=O)N1CCN=C(NCc2cn[nH]c2)C1. The number of ether oxygens (including phenoxy) is 1. The van der Waals surface area contributed by atoms with E-state index in [2.05, 4.69) is 20.5 Å². The molecule has 2 heterocycles. The molecule has 0 saturated carbocycles. The number of nitrogens with one attached hydrogen (secondary N) is 2. The van der Waals surface area contributed by atoms with Gasteiger partial charge in [-0.3, -0.25) is 15.0 Å². The van der Waals surface area contributed by atoms with Crippen molar-refractivity contribution in [2.45, 2.75) is 32.9 Å². The normalized spacial score (nSPS) is 15.8. The van der Waals surface area contributed by atoms with E-state index in [1.54, 1.807) is 11.1 Å². The van der Waals surface area contributed by atoms with E-state index in [0.29, 0.717) is 26.2 Å². The second kappa shape index (κ2) is 5.94. The molecule has 2 N–H and O–H groups in total. The molecule has 1 aromatic rings.